The van der Waals surface area contributed by atoms with E-state index < -0.39 is 0 Å². The van der Waals surface area contributed by atoms with Gasteiger partial charge in [0.1, 0.15) is 0 Å². The Bertz CT molecular complexity index is 537. The molecule has 3 heterocycles. The Morgan fingerprint density at radius 2 is 2.28 bits per heavy atom. The summed E-state index contributed by atoms with van der Waals surface area (Å²) in [5.41, 5.74) is 0.611. The molecule has 1 amide bonds. The number of hydrogen-bond donors (Lipinski definition) is 2. The summed E-state index contributed by atoms with van der Waals surface area (Å²) in [7, 11) is 1.68. The minimum atomic E-state index is -0.0745. The normalized spacial score (nSPS) is 29.5. The maximum Gasteiger partial charge on any atom is 0.250 e. The summed E-state index contributed by atoms with van der Waals surface area (Å²) in [5.74, 6) is 0.134. The van der Waals surface area contributed by atoms with E-state index in [-0.39, 0.29) is 17.4 Å². The predicted molar refractivity (Wildman–Crippen MR) is 68.4 cm³/mol. The van der Waals surface area contributed by atoms with E-state index in [0.29, 0.717) is 17.8 Å². The Balaban J connectivity index is 1.71. The monoisotopic (exact) mass is 247 g/mol. The summed E-state index contributed by atoms with van der Waals surface area (Å²) in [6.45, 7) is 0. The van der Waals surface area contributed by atoms with Crippen LogP contribution in [0.15, 0.2) is 23.1 Å². The Hall–Kier alpha value is -1.62. The Morgan fingerprint density at radius 3 is 2.89 bits per heavy atom. The number of hydrogen-bond acceptors (Lipinski definition) is 3. The average Bonchev–Trinajstić information content (AvgIpc) is 2.96. The van der Waals surface area contributed by atoms with Crippen LogP contribution in [0.3, 0.4) is 0 Å². The van der Waals surface area contributed by atoms with Crippen molar-refractivity contribution in [3.8, 4) is 0 Å². The number of amides is 1. The van der Waals surface area contributed by atoms with E-state index in [1.54, 1.807) is 19.3 Å². The van der Waals surface area contributed by atoms with Crippen molar-refractivity contribution in [2.75, 3.05) is 5.32 Å². The lowest BCUT2D eigenvalue weighted by atomic mass is 9.88. The van der Waals surface area contributed by atoms with Gasteiger partial charge in [0.2, 0.25) is 11.5 Å². The first-order chi connectivity index (χ1) is 8.63. The first kappa shape index (κ1) is 11.5. The molecule has 1 aromatic heterocycles. The molecule has 2 bridgehead atoms. The van der Waals surface area contributed by atoms with Gasteiger partial charge >= 0.3 is 0 Å². The summed E-state index contributed by atoms with van der Waals surface area (Å²) in [5, 5.41) is 6.35. The molecule has 0 radical (unpaired) electrons. The number of anilines is 1. The van der Waals surface area contributed by atoms with Crippen LogP contribution in [0.1, 0.15) is 19.3 Å². The number of pyridine rings is 1. The molecule has 0 aromatic carbocycles. The van der Waals surface area contributed by atoms with Crippen LogP contribution >= 0.6 is 0 Å². The van der Waals surface area contributed by atoms with Gasteiger partial charge in [-0.25, -0.2) is 0 Å². The number of nitrogens with zero attached hydrogens (tertiary/aromatic N) is 1. The highest BCUT2D eigenvalue weighted by Crippen LogP contribution is 2.33. The number of aromatic nitrogens is 1. The molecule has 2 aliphatic rings. The summed E-state index contributed by atoms with van der Waals surface area (Å²) >= 11 is 0. The number of nitrogens with one attached hydrogen (secondary N) is 2. The number of carbonyl (C=O) groups excluding carboxylic acids is 1. The molecule has 3 atom stereocenters. The predicted octanol–water partition coefficient (Wildman–Crippen LogP) is 0.464. The highest BCUT2D eigenvalue weighted by atomic mass is 16.2. The fourth-order valence-electron chi connectivity index (χ4n) is 3.02. The molecule has 1 aromatic rings. The van der Waals surface area contributed by atoms with E-state index in [0.717, 1.165) is 12.8 Å². The standard InChI is InChI=1S/C13H17N3O2/c1-16-7-9(3-5-12(16)17)15-13(18)10-6-8-2-4-11(10)14-8/h3,5,7-8,10-11,14H,2,4,6H2,1H3,(H,15,18). The molecule has 2 aliphatic heterocycles. The van der Waals surface area contributed by atoms with Gasteiger partial charge in [-0.05, 0) is 25.3 Å². The first-order valence-corrected chi connectivity index (χ1v) is 6.37. The first-order valence-electron chi connectivity index (χ1n) is 6.37. The number of rotatable bonds is 2. The molecule has 0 spiro atoms. The van der Waals surface area contributed by atoms with Crippen LogP contribution in [0.4, 0.5) is 5.69 Å². The summed E-state index contributed by atoms with van der Waals surface area (Å²) in [6.07, 6.45) is 4.87. The van der Waals surface area contributed by atoms with Gasteiger partial charge in [-0.3, -0.25) is 9.59 Å². The summed E-state index contributed by atoms with van der Waals surface area (Å²) in [6, 6.07) is 3.98. The molecule has 3 unspecified atom stereocenters. The van der Waals surface area contributed by atoms with Crippen LogP contribution in [-0.2, 0) is 11.8 Å². The highest BCUT2D eigenvalue weighted by Gasteiger charge is 2.42. The lowest BCUT2D eigenvalue weighted by molar-refractivity contribution is -0.120. The fourth-order valence-corrected chi connectivity index (χ4v) is 3.02. The van der Waals surface area contributed by atoms with Crippen LogP contribution in [0.2, 0.25) is 0 Å². The van der Waals surface area contributed by atoms with Gasteiger partial charge in [-0.2, -0.15) is 0 Å². The van der Waals surface area contributed by atoms with E-state index in [1.807, 2.05) is 0 Å². The van der Waals surface area contributed by atoms with Crippen molar-refractivity contribution < 1.29 is 4.79 Å². The van der Waals surface area contributed by atoms with Crippen LogP contribution < -0.4 is 16.2 Å². The zero-order chi connectivity index (χ0) is 12.7. The van der Waals surface area contributed by atoms with Crippen molar-refractivity contribution in [1.82, 2.24) is 9.88 Å². The third kappa shape index (κ3) is 1.95. The van der Waals surface area contributed by atoms with Gasteiger partial charge in [0.15, 0.2) is 0 Å². The zero-order valence-corrected chi connectivity index (χ0v) is 10.3. The van der Waals surface area contributed by atoms with Gasteiger partial charge in [0.05, 0.1) is 11.6 Å². The molecule has 0 aliphatic carbocycles. The zero-order valence-electron chi connectivity index (χ0n) is 10.3. The number of carbonyl (C=O) groups is 1. The number of fused-ring (bicyclic) bond motifs is 2. The van der Waals surface area contributed by atoms with Crippen LogP contribution in [0.25, 0.3) is 0 Å². The Kier molecular flexibility index (Phi) is 2.70. The number of aryl methyl sites for hydroxylation is 1. The summed E-state index contributed by atoms with van der Waals surface area (Å²) in [4.78, 5) is 23.4. The maximum absolute atomic E-state index is 12.2. The molecule has 3 rings (SSSR count). The van der Waals surface area contributed by atoms with Crippen molar-refractivity contribution in [2.45, 2.75) is 31.3 Å². The van der Waals surface area contributed by atoms with Gasteiger partial charge in [-0.15, -0.1) is 0 Å². The molecule has 96 valence electrons. The Morgan fingerprint density at radius 1 is 1.44 bits per heavy atom. The molecule has 18 heavy (non-hydrogen) atoms. The van der Waals surface area contributed by atoms with E-state index in [2.05, 4.69) is 10.6 Å². The second-order valence-corrected chi connectivity index (χ2v) is 5.25. The average molecular weight is 247 g/mol. The molecular formula is C13H17N3O2. The van der Waals surface area contributed by atoms with E-state index >= 15 is 0 Å². The molecule has 2 saturated heterocycles. The van der Waals surface area contributed by atoms with Gasteiger partial charge in [0, 0.05) is 31.4 Å². The third-order valence-corrected chi connectivity index (χ3v) is 3.99. The van der Waals surface area contributed by atoms with Crippen molar-refractivity contribution in [3.63, 3.8) is 0 Å². The van der Waals surface area contributed by atoms with Crippen molar-refractivity contribution >= 4 is 11.6 Å². The van der Waals surface area contributed by atoms with Crippen molar-refractivity contribution in [1.29, 1.82) is 0 Å². The minimum absolute atomic E-state index is 0.0633. The second kappa shape index (κ2) is 4.24. The van der Waals surface area contributed by atoms with E-state index in [9.17, 15) is 9.59 Å². The quantitative estimate of drug-likeness (QED) is 0.798. The molecule has 5 nitrogen and oxygen atoms in total. The van der Waals surface area contributed by atoms with Crippen LogP contribution in [0, 0.1) is 5.92 Å². The highest BCUT2D eigenvalue weighted by molar-refractivity contribution is 5.93. The molecule has 5 heteroatoms. The third-order valence-electron chi connectivity index (χ3n) is 3.99. The van der Waals surface area contributed by atoms with E-state index in [1.165, 1.54) is 17.1 Å². The van der Waals surface area contributed by atoms with Crippen LogP contribution in [0.5, 0.6) is 0 Å². The lowest BCUT2D eigenvalue weighted by Crippen LogP contribution is -2.33. The second-order valence-electron chi connectivity index (χ2n) is 5.25. The smallest absolute Gasteiger partial charge is 0.250 e. The molecule has 0 saturated carbocycles. The largest absolute Gasteiger partial charge is 0.324 e. The van der Waals surface area contributed by atoms with Crippen molar-refractivity contribution in [3.05, 3.63) is 28.7 Å². The SMILES string of the molecule is Cn1cc(NC(=O)C2CC3CCC2N3)ccc1=O. The van der Waals surface area contributed by atoms with Crippen LogP contribution in [-0.4, -0.2) is 22.6 Å². The molecular weight excluding hydrogens is 230 g/mol. The van der Waals surface area contributed by atoms with Crippen molar-refractivity contribution in [2.24, 2.45) is 13.0 Å². The Labute approximate surface area is 105 Å². The topological polar surface area (TPSA) is 63.1 Å². The van der Waals surface area contributed by atoms with Gasteiger partial charge < -0.3 is 15.2 Å². The minimum Gasteiger partial charge on any atom is -0.324 e. The maximum atomic E-state index is 12.2. The van der Waals surface area contributed by atoms with E-state index in [4.69, 9.17) is 0 Å². The lowest BCUT2D eigenvalue weighted by Gasteiger charge is -2.19. The fraction of sp³-hybridized carbons (Fsp3) is 0.538. The summed E-state index contributed by atoms with van der Waals surface area (Å²) < 4.78 is 1.47. The molecule has 2 fully saturated rings. The molecule has 2 N–H and O–H groups in total. The van der Waals surface area contributed by atoms with Gasteiger partial charge in [-0.1, -0.05) is 0 Å². The van der Waals surface area contributed by atoms with Gasteiger partial charge in [0.25, 0.3) is 0 Å².